The normalized spacial score (nSPS) is 11.2. The van der Waals surface area contributed by atoms with Crippen LogP contribution >= 0.6 is 0 Å². The Kier molecular flexibility index (Phi) is 15.5. The highest BCUT2D eigenvalue weighted by molar-refractivity contribution is 5.56. The summed E-state index contributed by atoms with van der Waals surface area (Å²) in [5, 5.41) is 0. The van der Waals surface area contributed by atoms with E-state index < -0.39 is 0 Å². The molecule has 2 aromatic rings. The maximum Gasteiger partial charge on any atom is 0.159 e. The van der Waals surface area contributed by atoms with E-state index in [1.54, 1.807) is 12.4 Å². The van der Waals surface area contributed by atoms with Crippen LogP contribution in [0.1, 0.15) is 84.5 Å². The molecule has 0 atom stereocenters. The third-order valence-corrected chi connectivity index (χ3v) is 5.49. The number of unbranched alkanes of at least 4 members (excludes halogenated alkanes) is 7. The first-order valence-electron chi connectivity index (χ1n) is 13.2. The van der Waals surface area contributed by atoms with Gasteiger partial charge in [-0.1, -0.05) is 58.1 Å². The molecule has 5 heteroatoms. The van der Waals surface area contributed by atoms with E-state index in [1.165, 1.54) is 44.9 Å². The smallest absolute Gasteiger partial charge is 0.159 e. The van der Waals surface area contributed by atoms with Crippen LogP contribution in [-0.2, 0) is 4.74 Å². The maximum atomic E-state index is 5.81. The van der Waals surface area contributed by atoms with Crippen molar-refractivity contribution in [2.75, 3.05) is 26.4 Å². The molecule has 0 aliphatic carbocycles. The van der Waals surface area contributed by atoms with Crippen LogP contribution in [0.3, 0.4) is 0 Å². The molecule has 0 bridgehead atoms. The Labute approximate surface area is 207 Å². The molecule has 0 aliphatic heterocycles. The molecule has 0 radical (unpaired) electrons. The molecule has 0 unspecified atom stereocenters. The van der Waals surface area contributed by atoms with Gasteiger partial charge >= 0.3 is 0 Å². The second kappa shape index (κ2) is 19.0. The van der Waals surface area contributed by atoms with Crippen molar-refractivity contribution in [1.82, 2.24) is 9.97 Å². The lowest BCUT2D eigenvalue weighted by Gasteiger charge is -2.08. The quantitative estimate of drug-likeness (QED) is 0.146. The summed E-state index contributed by atoms with van der Waals surface area (Å²) in [6.45, 7) is 7.38. The molecule has 0 spiro atoms. The van der Waals surface area contributed by atoms with Crippen molar-refractivity contribution < 1.29 is 14.2 Å². The third-order valence-electron chi connectivity index (χ3n) is 5.49. The van der Waals surface area contributed by atoms with Crippen molar-refractivity contribution in [3.05, 3.63) is 48.8 Å². The Morgan fingerprint density at radius 2 is 1.29 bits per heavy atom. The van der Waals surface area contributed by atoms with Gasteiger partial charge in [0.1, 0.15) is 5.75 Å². The zero-order valence-electron chi connectivity index (χ0n) is 21.3. The first-order chi connectivity index (χ1) is 16.8. The fraction of sp³-hybridized carbons (Fsp3) is 0.586. The fourth-order valence-electron chi connectivity index (χ4n) is 3.51. The summed E-state index contributed by atoms with van der Waals surface area (Å²) in [6, 6.07) is 7.91. The van der Waals surface area contributed by atoms with Crippen LogP contribution in [0.15, 0.2) is 48.8 Å². The van der Waals surface area contributed by atoms with Gasteiger partial charge in [0.15, 0.2) is 11.6 Å². The number of allylic oxidation sites excluding steroid dienone is 1. The summed E-state index contributed by atoms with van der Waals surface area (Å²) in [7, 11) is 0. The lowest BCUT2D eigenvalue weighted by molar-refractivity contribution is 0.127. The number of ether oxygens (including phenoxy) is 3. The number of hydrogen-bond acceptors (Lipinski definition) is 5. The van der Waals surface area contributed by atoms with Crippen LogP contribution in [0, 0.1) is 0 Å². The van der Waals surface area contributed by atoms with Crippen molar-refractivity contribution in [2.24, 2.45) is 0 Å². The van der Waals surface area contributed by atoms with Gasteiger partial charge in [0, 0.05) is 18.8 Å². The molecule has 1 aromatic heterocycles. The Bertz CT molecular complexity index is 760. The lowest BCUT2D eigenvalue weighted by Crippen LogP contribution is -2.01. The van der Waals surface area contributed by atoms with E-state index in [-0.39, 0.29) is 0 Å². The molecule has 1 aromatic carbocycles. The molecule has 0 aliphatic rings. The van der Waals surface area contributed by atoms with E-state index in [0.717, 1.165) is 50.2 Å². The van der Waals surface area contributed by atoms with Gasteiger partial charge in [0.05, 0.1) is 25.6 Å². The molecular weight excluding hydrogens is 424 g/mol. The highest BCUT2D eigenvalue weighted by atomic mass is 16.5. The van der Waals surface area contributed by atoms with Gasteiger partial charge in [0.2, 0.25) is 0 Å². The van der Waals surface area contributed by atoms with E-state index in [2.05, 4.69) is 36.0 Å². The zero-order valence-corrected chi connectivity index (χ0v) is 21.3. The summed E-state index contributed by atoms with van der Waals surface area (Å²) >= 11 is 0. The second-order valence-electron chi connectivity index (χ2n) is 8.60. The Morgan fingerprint density at radius 3 is 2.06 bits per heavy atom. The number of benzene rings is 1. The standard InChI is InChI=1S/C29H44N2O3/c1-3-5-6-7-8-9-10-11-12-13-22-34-28-24-30-29(31-25-28)26-16-18-27(19-17-26)33-23-15-14-21-32-20-4-2/h11-12,16-19,24-25H,3-10,13-15,20-23H2,1-2H3. The largest absolute Gasteiger partial charge is 0.494 e. The predicted octanol–water partition coefficient (Wildman–Crippen LogP) is 7.80. The number of hydrogen-bond donors (Lipinski definition) is 0. The summed E-state index contributed by atoms with van der Waals surface area (Å²) in [4.78, 5) is 8.90. The van der Waals surface area contributed by atoms with E-state index >= 15 is 0 Å². The summed E-state index contributed by atoms with van der Waals surface area (Å²) in [6.07, 6.45) is 21.2. The first kappa shape index (κ1) is 27.8. The van der Waals surface area contributed by atoms with Crippen LogP contribution in [0.5, 0.6) is 11.5 Å². The van der Waals surface area contributed by atoms with E-state index in [9.17, 15) is 0 Å². The molecule has 0 amide bonds. The Morgan fingerprint density at radius 1 is 0.618 bits per heavy atom. The number of rotatable bonds is 20. The topological polar surface area (TPSA) is 53.5 Å². The average molecular weight is 469 g/mol. The predicted molar refractivity (Wildman–Crippen MR) is 141 cm³/mol. The fourth-order valence-corrected chi connectivity index (χ4v) is 3.51. The molecule has 0 saturated carbocycles. The van der Waals surface area contributed by atoms with Crippen LogP contribution in [0.25, 0.3) is 11.4 Å². The molecule has 1 heterocycles. The van der Waals surface area contributed by atoms with Gasteiger partial charge in [0.25, 0.3) is 0 Å². The van der Waals surface area contributed by atoms with Crippen LogP contribution in [-0.4, -0.2) is 36.4 Å². The van der Waals surface area contributed by atoms with Gasteiger partial charge in [-0.05, 0) is 62.8 Å². The summed E-state index contributed by atoms with van der Waals surface area (Å²) < 4.78 is 17.1. The van der Waals surface area contributed by atoms with Crippen molar-refractivity contribution in [2.45, 2.75) is 84.5 Å². The van der Waals surface area contributed by atoms with Gasteiger partial charge < -0.3 is 14.2 Å². The van der Waals surface area contributed by atoms with Crippen molar-refractivity contribution in [1.29, 1.82) is 0 Å². The lowest BCUT2D eigenvalue weighted by atomic mass is 10.1. The molecule has 188 valence electrons. The SMILES string of the molecule is CCCCCCCCC=CCCOc1cnc(-c2ccc(OCCCCOCCC)cc2)nc1. The minimum absolute atomic E-state index is 0.645. The number of aromatic nitrogens is 2. The molecule has 0 N–H and O–H groups in total. The monoisotopic (exact) mass is 468 g/mol. The number of nitrogens with zero attached hydrogens (tertiary/aromatic N) is 2. The van der Waals surface area contributed by atoms with Crippen LogP contribution < -0.4 is 9.47 Å². The second-order valence-corrected chi connectivity index (χ2v) is 8.60. The molecule has 5 nitrogen and oxygen atoms in total. The van der Waals surface area contributed by atoms with E-state index in [1.807, 2.05) is 24.3 Å². The minimum atomic E-state index is 0.645. The summed E-state index contributed by atoms with van der Waals surface area (Å²) in [5.74, 6) is 2.25. The summed E-state index contributed by atoms with van der Waals surface area (Å²) in [5.41, 5.74) is 0.962. The van der Waals surface area contributed by atoms with Gasteiger partial charge in [-0.25, -0.2) is 9.97 Å². The zero-order chi connectivity index (χ0) is 24.1. The van der Waals surface area contributed by atoms with Crippen LogP contribution in [0.4, 0.5) is 0 Å². The Balaban J connectivity index is 1.59. The average Bonchev–Trinajstić information content (AvgIpc) is 2.87. The first-order valence-corrected chi connectivity index (χ1v) is 13.2. The highest BCUT2D eigenvalue weighted by Crippen LogP contribution is 2.20. The van der Waals surface area contributed by atoms with Gasteiger partial charge in [-0.2, -0.15) is 0 Å². The third kappa shape index (κ3) is 12.7. The van der Waals surface area contributed by atoms with Gasteiger partial charge in [-0.3, -0.25) is 0 Å². The molecule has 0 saturated heterocycles. The van der Waals surface area contributed by atoms with Crippen molar-refractivity contribution in [3.8, 4) is 22.9 Å². The maximum absolute atomic E-state index is 5.81. The van der Waals surface area contributed by atoms with E-state index in [0.29, 0.717) is 24.8 Å². The highest BCUT2D eigenvalue weighted by Gasteiger charge is 2.03. The molecular formula is C29H44N2O3. The van der Waals surface area contributed by atoms with Crippen molar-refractivity contribution in [3.63, 3.8) is 0 Å². The Hall–Kier alpha value is -2.40. The molecule has 2 rings (SSSR count). The van der Waals surface area contributed by atoms with E-state index in [4.69, 9.17) is 14.2 Å². The molecule has 34 heavy (non-hydrogen) atoms. The van der Waals surface area contributed by atoms with Crippen LogP contribution in [0.2, 0.25) is 0 Å². The van der Waals surface area contributed by atoms with Crippen molar-refractivity contribution >= 4 is 0 Å². The van der Waals surface area contributed by atoms with Gasteiger partial charge in [-0.15, -0.1) is 0 Å². The minimum Gasteiger partial charge on any atom is -0.494 e. The molecule has 0 fully saturated rings.